The average molecular weight is 690 g/mol. The molecule has 0 aromatic heterocycles. The SMILES string of the molecule is COc1cc(C=CC(=O)N2CCC=CC2=O)cc(OC)c1OCCN(C)CCOc1c(OC)cc(C=CC(=O)N2CCC=CC2=O)cc1OC. The molecule has 2 aromatic carbocycles. The van der Waals surface area contributed by atoms with E-state index in [1.165, 1.54) is 62.5 Å². The fraction of sp³-hybridized carbons (Fsp3) is 0.351. The highest BCUT2D eigenvalue weighted by Crippen LogP contribution is 2.40. The van der Waals surface area contributed by atoms with Gasteiger partial charge >= 0.3 is 0 Å². The minimum absolute atomic E-state index is 0.313. The number of benzene rings is 2. The van der Waals surface area contributed by atoms with E-state index < -0.39 is 11.8 Å². The first-order chi connectivity index (χ1) is 24.2. The maximum atomic E-state index is 12.5. The van der Waals surface area contributed by atoms with E-state index in [9.17, 15) is 19.2 Å². The topological polar surface area (TPSA) is 133 Å². The summed E-state index contributed by atoms with van der Waals surface area (Å²) in [5, 5.41) is 0. The summed E-state index contributed by atoms with van der Waals surface area (Å²) in [6, 6.07) is 6.90. The van der Waals surface area contributed by atoms with Crippen molar-refractivity contribution >= 4 is 35.8 Å². The lowest BCUT2D eigenvalue weighted by molar-refractivity contribution is -0.140. The number of rotatable bonds is 16. The number of nitrogens with zero attached hydrogens (tertiary/aromatic N) is 3. The first-order valence-electron chi connectivity index (χ1n) is 16.0. The summed E-state index contributed by atoms with van der Waals surface area (Å²) < 4.78 is 34.4. The van der Waals surface area contributed by atoms with Gasteiger partial charge in [0.25, 0.3) is 23.6 Å². The number of imide groups is 2. The average Bonchev–Trinajstić information content (AvgIpc) is 3.13. The summed E-state index contributed by atoms with van der Waals surface area (Å²) in [6.45, 7) is 2.41. The van der Waals surface area contributed by atoms with Gasteiger partial charge < -0.3 is 28.4 Å². The standard InChI is InChI=1S/C37H43N3O10/c1-38(18-20-49-36-28(45-2)22-26(23-29(36)46-3)12-14-34(43)39-16-8-6-10-32(39)41)19-21-50-37-30(47-4)24-27(25-31(37)48-5)13-15-35(44)40-17-9-7-11-33(40)42/h6-7,10-15,22-25H,8-9,16-21H2,1-5H3. The Labute approximate surface area is 291 Å². The third kappa shape index (κ3) is 9.75. The molecule has 4 rings (SSSR count). The maximum absolute atomic E-state index is 12.5. The molecule has 13 nitrogen and oxygen atoms in total. The fourth-order valence-corrected chi connectivity index (χ4v) is 5.12. The molecular weight excluding hydrogens is 646 g/mol. The molecule has 0 radical (unpaired) electrons. The lowest BCUT2D eigenvalue weighted by atomic mass is 10.1. The van der Waals surface area contributed by atoms with Crippen molar-refractivity contribution in [2.75, 3.05) is 74.9 Å². The highest BCUT2D eigenvalue weighted by molar-refractivity contribution is 6.07. The summed E-state index contributed by atoms with van der Waals surface area (Å²) in [6.07, 6.45) is 13.5. The molecule has 2 aliphatic heterocycles. The Morgan fingerprint density at radius 3 is 1.34 bits per heavy atom. The monoisotopic (exact) mass is 689 g/mol. The second-order valence-electron chi connectivity index (χ2n) is 11.2. The van der Waals surface area contributed by atoms with Crippen LogP contribution in [-0.2, 0) is 19.2 Å². The Kier molecular flexibility index (Phi) is 13.6. The number of likely N-dealkylation sites (N-methyl/N-ethyl adjacent to an activating group) is 1. The zero-order valence-electron chi connectivity index (χ0n) is 29.0. The third-order valence-electron chi connectivity index (χ3n) is 7.87. The lowest BCUT2D eigenvalue weighted by Gasteiger charge is -2.21. The van der Waals surface area contributed by atoms with Crippen molar-refractivity contribution in [3.05, 3.63) is 71.8 Å². The smallest absolute Gasteiger partial charge is 0.253 e. The molecule has 50 heavy (non-hydrogen) atoms. The molecule has 0 saturated heterocycles. The van der Waals surface area contributed by atoms with Gasteiger partial charge in [-0.25, -0.2) is 0 Å². The Morgan fingerprint density at radius 2 is 1.02 bits per heavy atom. The summed E-state index contributed by atoms with van der Waals surface area (Å²) in [5.74, 6) is 1.10. The highest BCUT2D eigenvalue weighted by atomic mass is 16.5. The van der Waals surface area contributed by atoms with Gasteiger partial charge in [-0.05, 0) is 79.6 Å². The lowest BCUT2D eigenvalue weighted by Crippen LogP contribution is -2.37. The molecule has 2 heterocycles. The van der Waals surface area contributed by atoms with E-state index in [0.29, 0.717) is 97.9 Å². The largest absolute Gasteiger partial charge is 0.493 e. The zero-order valence-corrected chi connectivity index (χ0v) is 29.0. The molecule has 0 unspecified atom stereocenters. The molecule has 2 aromatic rings. The van der Waals surface area contributed by atoms with Crippen LogP contribution in [-0.4, -0.2) is 113 Å². The number of carbonyl (C=O) groups is 4. The van der Waals surface area contributed by atoms with Crippen molar-refractivity contribution in [3.63, 3.8) is 0 Å². The van der Waals surface area contributed by atoms with Gasteiger partial charge in [-0.3, -0.25) is 33.9 Å². The van der Waals surface area contributed by atoms with Crippen LogP contribution in [0.1, 0.15) is 24.0 Å². The third-order valence-corrected chi connectivity index (χ3v) is 7.87. The Balaban J connectivity index is 1.31. The quantitative estimate of drug-likeness (QED) is 0.239. The van der Waals surface area contributed by atoms with Crippen molar-refractivity contribution in [1.29, 1.82) is 0 Å². The Hall–Kier alpha value is -5.56. The molecule has 0 aliphatic carbocycles. The molecule has 0 N–H and O–H groups in total. The predicted molar refractivity (Wildman–Crippen MR) is 187 cm³/mol. The van der Waals surface area contributed by atoms with E-state index in [0.717, 1.165) is 0 Å². The second kappa shape index (κ2) is 18.3. The van der Waals surface area contributed by atoms with Crippen molar-refractivity contribution < 1.29 is 47.6 Å². The predicted octanol–water partition coefficient (Wildman–Crippen LogP) is 3.77. The van der Waals surface area contributed by atoms with Gasteiger partial charge in [0.05, 0.1) is 28.4 Å². The Bertz CT molecular complexity index is 1510. The highest BCUT2D eigenvalue weighted by Gasteiger charge is 2.21. The van der Waals surface area contributed by atoms with Gasteiger partial charge in [0.15, 0.2) is 23.0 Å². The van der Waals surface area contributed by atoms with Crippen molar-refractivity contribution in [3.8, 4) is 34.5 Å². The van der Waals surface area contributed by atoms with Crippen LogP contribution in [0.15, 0.2) is 60.7 Å². The van der Waals surface area contributed by atoms with Crippen LogP contribution in [0, 0.1) is 0 Å². The van der Waals surface area contributed by atoms with Gasteiger partial charge in [-0.2, -0.15) is 0 Å². The van der Waals surface area contributed by atoms with Crippen LogP contribution >= 0.6 is 0 Å². The van der Waals surface area contributed by atoms with Gasteiger partial charge in [0, 0.05) is 38.3 Å². The van der Waals surface area contributed by atoms with E-state index in [4.69, 9.17) is 28.4 Å². The molecule has 4 amide bonds. The summed E-state index contributed by atoms with van der Waals surface area (Å²) in [7, 11) is 8.00. The van der Waals surface area contributed by atoms with Crippen LogP contribution in [0.3, 0.4) is 0 Å². The second-order valence-corrected chi connectivity index (χ2v) is 11.2. The number of amides is 4. The molecule has 2 aliphatic rings. The molecule has 0 spiro atoms. The normalized spacial score (nSPS) is 14.5. The van der Waals surface area contributed by atoms with Crippen molar-refractivity contribution in [1.82, 2.24) is 14.7 Å². The van der Waals surface area contributed by atoms with E-state index in [-0.39, 0.29) is 11.8 Å². The number of hydrogen-bond acceptors (Lipinski definition) is 11. The van der Waals surface area contributed by atoms with Crippen LogP contribution < -0.4 is 28.4 Å². The van der Waals surface area contributed by atoms with Crippen LogP contribution in [0.2, 0.25) is 0 Å². The molecule has 13 heteroatoms. The number of hydrogen-bond donors (Lipinski definition) is 0. The minimum atomic E-state index is -0.398. The van der Waals surface area contributed by atoms with E-state index in [1.54, 1.807) is 48.6 Å². The van der Waals surface area contributed by atoms with Crippen molar-refractivity contribution in [2.45, 2.75) is 12.8 Å². The molecule has 266 valence electrons. The van der Waals surface area contributed by atoms with Gasteiger partial charge in [-0.15, -0.1) is 0 Å². The summed E-state index contributed by atoms with van der Waals surface area (Å²) in [5.41, 5.74) is 1.28. The van der Waals surface area contributed by atoms with Crippen LogP contribution in [0.5, 0.6) is 34.5 Å². The molecule has 0 saturated carbocycles. The van der Waals surface area contributed by atoms with E-state index in [2.05, 4.69) is 0 Å². The van der Waals surface area contributed by atoms with Crippen LogP contribution in [0.4, 0.5) is 0 Å². The van der Waals surface area contributed by atoms with Crippen molar-refractivity contribution in [2.24, 2.45) is 0 Å². The summed E-state index contributed by atoms with van der Waals surface area (Å²) in [4.78, 5) is 53.5. The minimum Gasteiger partial charge on any atom is -0.493 e. The van der Waals surface area contributed by atoms with E-state index >= 15 is 0 Å². The summed E-state index contributed by atoms with van der Waals surface area (Å²) >= 11 is 0. The van der Waals surface area contributed by atoms with Gasteiger partial charge in [-0.1, -0.05) is 12.2 Å². The first-order valence-corrected chi connectivity index (χ1v) is 16.0. The molecular formula is C37H43N3O10. The number of ether oxygens (including phenoxy) is 6. The van der Waals surface area contributed by atoms with Gasteiger partial charge in [0.2, 0.25) is 11.5 Å². The number of carbonyl (C=O) groups excluding carboxylic acids is 4. The molecule has 0 atom stereocenters. The zero-order chi connectivity index (χ0) is 36.0. The van der Waals surface area contributed by atoms with Crippen LogP contribution in [0.25, 0.3) is 12.2 Å². The van der Waals surface area contributed by atoms with Gasteiger partial charge in [0.1, 0.15) is 13.2 Å². The Morgan fingerprint density at radius 1 is 0.660 bits per heavy atom. The molecule has 0 bridgehead atoms. The van der Waals surface area contributed by atoms with E-state index in [1.807, 2.05) is 11.9 Å². The molecule has 0 fully saturated rings. The maximum Gasteiger partial charge on any atom is 0.253 e. The first kappa shape index (κ1) is 37.3. The fourth-order valence-electron chi connectivity index (χ4n) is 5.12. The number of methoxy groups -OCH3 is 4.